The first kappa shape index (κ1) is 21.1. The zero-order valence-corrected chi connectivity index (χ0v) is 17.1. The summed E-state index contributed by atoms with van der Waals surface area (Å²) in [6, 6.07) is 6.40. The van der Waals surface area contributed by atoms with Gasteiger partial charge in [0.15, 0.2) is 0 Å². The number of carboxylic acids is 1. The minimum atomic E-state index is -1.21. The summed E-state index contributed by atoms with van der Waals surface area (Å²) >= 11 is 6.04. The average Bonchev–Trinajstić information content (AvgIpc) is 2.69. The van der Waals surface area contributed by atoms with Crippen LogP contribution >= 0.6 is 11.6 Å². The molecule has 1 saturated heterocycles. The van der Waals surface area contributed by atoms with Crippen molar-refractivity contribution in [1.29, 1.82) is 0 Å². The maximum atomic E-state index is 12.6. The maximum Gasteiger partial charge on any atom is 0.332 e. The fourth-order valence-electron chi connectivity index (χ4n) is 3.68. The van der Waals surface area contributed by atoms with E-state index in [1.165, 1.54) is 14.1 Å². The van der Waals surface area contributed by atoms with Crippen molar-refractivity contribution < 1.29 is 9.90 Å². The van der Waals surface area contributed by atoms with Gasteiger partial charge in [0.1, 0.15) is 11.9 Å². The number of carboxylic acid groups (broad SMARTS) is 1. The summed E-state index contributed by atoms with van der Waals surface area (Å²) in [5, 5.41) is 10.5. The molecule has 0 aliphatic carbocycles. The molecule has 3 rings (SSSR count). The van der Waals surface area contributed by atoms with E-state index in [0.29, 0.717) is 37.7 Å². The molecule has 156 valence electrons. The number of halogens is 1. The number of carbonyl (C=O) groups is 1. The Hall–Kier alpha value is -2.62. The normalized spacial score (nSPS) is 16.7. The molecule has 10 heteroatoms. The predicted molar refractivity (Wildman–Crippen MR) is 110 cm³/mol. The second-order valence-electron chi connectivity index (χ2n) is 7.19. The molecule has 2 heterocycles. The number of aliphatic carboxylic acids is 1. The number of nitrogens with two attached hydrogens (primary N) is 1. The Morgan fingerprint density at radius 1 is 1.17 bits per heavy atom. The van der Waals surface area contributed by atoms with Crippen LogP contribution in [0.2, 0.25) is 5.02 Å². The van der Waals surface area contributed by atoms with Gasteiger partial charge in [-0.3, -0.25) is 28.5 Å². The summed E-state index contributed by atoms with van der Waals surface area (Å²) in [6.45, 7) is 2.85. The smallest absolute Gasteiger partial charge is 0.332 e. The third-order valence-electron chi connectivity index (χ3n) is 5.32. The van der Waals surface area contributed by atoms with E-state index in [2.05, 4.69) is 4.90 Å². The van der Waals surface area contributed by atoms with E-state index in [1.54, 1.807) is 4.90 Å². The SMILES string of the molecule is Cn1c(N)c([C@H](C(=O)O)N2CCN(Cc3cccc(Cl)c3)CC2)c(=O)n(C)c1=O. The van der Waals surface area contributed by atoms with Gasteiger partial charge in [-0.05, 0) is 17.7 Å². The number of hydrogen-bond acceptors (Lipinski definition) is 6. The molecule has 1 atom stereocenters. The van der Waals surface area contributed by atoms with Gasteiger partial charge in [0.2, 0.25) is 0 Å². The van der Waals surface area contributed by atoms with Crippen molar-refractivity contribution >= 4 is 23.4 Å². The van der Waals surface area contributed by atoms with E-state index < -0.39 is 23.3 Å². The Morgan fingerprint density at radius 2 is 1.83 bits per heavy atom. The van der Waals surface area contributed by atoms with Crippen LogP contribution in [-0.2, 0) is 25.4 Å². The first-order chi connectivity index (χ1) is 13.7. The van der Waals surface area contributed by atoms with E-state index in [4.69, 9.17) is 17.3 Å². The lowest BCUT2D eigenvalue weighted by Gasteiger charge is -2.38. The third kappa shape index (κ3) is 4.21. The molecular weight excluding hydrogens is 398 g/mol. The van der Waals surface area contributed by atoms with Crippen LogP contribution in [0.15, 0.2) is 33.9 Å². The standard InChI is InChI=1S/C19H24ClN5O4/c1-22-16(21)14(17(26)23(2)19(22)29)15(18(27)28)25-8-6-24(7-9-25)11-12-4-3-5-13(20)10-12/h3-5,10,15H,6-9,11,21H2,1-2H3,(H,27,28)/t15-/m1/s1. The number of aromatic nitrogens is 2. The van der Waals surface area contributed by atoms with Crippen LogP contribution in [0.25, 0.3) is 0 Å². The van der Waals surface area contributed by atoms with E-state index in [1.807, 2.05) is 24.3 Å². The highest BCUT2D eigenvalue weighted by Crippen LogP contribution is 2.24. The lowest BCUT2D eigenvalue weighted by molar-refractivity contribution is -0.144. The molecule has 0 saturated carbocycles. The number of piperazine rings is 1. The Morgan fingerprint density at radius 3 is 2.41 bits per heavy atom. The summed E-state index contributed by atoms with van der Waals surface area (Å²) in [7, 11) is 2.73. The van der Waals surface area contributed by atoms with Crippen molar-refractivity contribution in [2.45, 2.75) is 12.6 Å². The van der Waals surface area contributed by atoms with Gasteiger partial charge in [0.25, 0.3) is 5.56 Å². The molecule has 3 N–H and O–H groups in total. The van der Waals surface area contributed by atoms with Crippen LogP contribution in [0, 0.1) is 0 Å². The highest BCUT2D eigenvalue weighted by atomic mass is 35.5. The fourth-order valence-corrected chi connectivity index (χ4v) is 3.89. The minimum absolute atomic E-state index is 0.0783. The Labute approximate surface area is 172 Å². The van der Waals surface area contributed by atoms with Gasteiger partial charge in [-0.2, -0.15) is 0 Å². The lowest BCUT2D eigenvalue weighted by Crippen LogP contribution is -2.51. The molecule has 0 unspecified atom stereocenters. The van der Waals surface area contributed by atoms with Gasteiger partial charge in [0, 0.05) is 51.8 Å². The van der Waals surface area contributed by atoms with E-state index in [0.717, 1.165) is 14.7 Å². The number of benzene rings is 1. The molecule has 1 fully saturated rings. The Kier molecular flexibility index (Phi) is 6.11. The highest BCUT2D eigenvalue weighted by molar-refractivity contribution is 6.30. The number of nitrogens with zero attached hydrogens (tertiary/aromatic N) is 4. The summed E-state index contributed by atoms with van der Waals surface area (Å²) in [5.74, 6) is -1.29. The Bertz CT molecular complexity index is 1040. The zero-order chi connectivity index (χ0) is 21.3. The first-order valence-electron chi connectivity index (χ1n) is 9.19. The van der Waals surface area contributed by atoms with Crippen molar-refractivity contribution in [3.63, 3.8) is 0 Å². The molecule has 2 aromatic rings. The van der Waals surface area contributed by atoms with Gasteiger partial charge in [0.05, 0.1) is 5.56 Å². The minimum Gasteiger partial charge on any atom is -0.480 e. The van der Waals surface area contributed by atoms with Gasteiger partial charge < -0.3 is 10.8 Å². The zero-order valence-electron chi connectivity index (χ0n) is 16.3. The van der Waals surface area contributed by atoms with Crippen LogP contribution in [-0.4, -0.2) is 56.2 Å². The molecule has 0 amide bonds. The van der Waals surface area contributed by atoms with Crippen LogP contribution in [0.3, 0.4) is 0 Å². The quantitative estimate of drug-likeness (QED) is 0.711. The first-order valence-corrected chi connectivity index (χ1v) is 9.57. The second kappa shape index (κ2) is 8.40. The molecule has 0 bridgehead atoms. The number of hydrogen-bond donors (Lipinski definition) is 2. The molecule has 0 radical (unpaired) electrons. The molecule has 1 aromatic heterocycles. The van der Waals surface area contributed by atoms with Crippen molar-refractivity contribution in [1.82, 2.24) is 18.9 Å². The molecule has 9 nitrogen and oxygen atoms in total. The van der Waals surface area contributed by atoms with Crippen molar-refractivity contribution in [2.24, 2.45) is 14.1 Å². The third-order valence-corrected chi connectivity index (χ3v) is 5.56. The van der Waals surface area contributed by atoms with Crippen LogP contribution in [0.5, 0.6) is 0 Å². The lowest BCUT2D eigenvalue weighted by atomic mass is 10.1. The molecule has 0 spiro atoms. The second-order valence-corrected chi connectivity index (χ2v) is 7.62. The van der Waals surface area contributed by atoms with Crippen molar-refractivity contribution in [2.75, 3.05) is 31.9 Å². The van der Waals surface area contributed by atoms with Gasteiger partial charge in [-0.25, -0.2) is 4.79 Å². The highest BCUT2D eigenvalue weighted by Gasteiger charge is 2.35. The monoisotopic (exact) mass is 421 g/mol. The van der Waals surface area contributed by atoms with Gasteiger partial charge in [-0.15, -0.1) is 0 Å². The van der Waals surface area contributed by atoms with Crippen LogP contribution in [0.1, 0.15) is 17.2 Å². The summed E-state index contributed by atoms with van der Waals surface area (Å²) in [6.07, 6.45) is 0. The summed E-state index contributed by atoms with van der Waals surface area (Å²) < 4.78 is 1.99. The van der Waals surface area contributed by atoms with E-state index >= 15 is 0 Å². The van der Waals surface area contributed by atoms with E-state index in [9.17, 15) is 19.5 Å². The maximum absolute atomic E-state index is 12.6. The summed E-state index contributed by atoms with van der Waals surface area (Å²) in [5.41, 5.74) is 5.71. The number of rotatable bonds is 5. The molecule has 1 aliphatic rings. The fraction of sp³-hybridized carbons (Fsp3) is 0.421. The Balaban J connectivity index is 1.82. The van der Waals surface area contributed by atoms with Crippen LogP contribution < -0.4 is 17.0 Å². The van der Waals surface area contributed by atoms with Crippen molar-refractivity contribution in [3.05, 3.63) is 61.3 Å². The molecule has 1 aromatic carbocycles. The largest absolute Gasteiger partial charge is 0.480 e. The summed E-state index contributed by atoms with van der Waals surface area (Å²) in [4.78, 5) is 40.7. The van der Waals surface area contributed by atoms with Gasteiger partial charge >= 0.3 is 11.7 Å². The number of nitrogen functional groups attached to an aromatic ring is 1. The molecular formula is C19H24ClN5O4. The van der Waals surface area contributed by atoms with Crippen LogP contribution in [0.4, 0.5) is 5.82 Å². The predicted octanol–water partition coefficient (Wildman–Crippen LogP) is 0.263. The topological polar surface area (TPSA) is 114 Å². The van der Waals surface area contributed by atoms with Crippen molar-refractivity contribution in [3.8, 4) is 0 Å². The molecule has 1 aliphatic heterocycles. The number of anilines is 1. The van der Waals surface area contributed by atoms with E-state index in [-0.39, 0.29) is 11.4 Å². The molecule has 29 heavy (non-hydrogen) atoms. The average molecular weight is 422 g/mol. The van der Waals surface area contributed by atoms with Gasteiger partial charge in [-0.1, -0.05) is 23.7 Å².